The first kappa shape index (κ1) is 18.5. The minimum Gasteiger partial charge on any atom is -0.472 e. The molecule has 0 aliphatic carbocycles. The van der Waals surface area contributed by atoms with Crippen LogP contribution >= 0.6 is 11.6 Å². The highest BCUT2D eigenvalue weighted by Gasteiger charge is 2.28. The summed E-state index contributed by atoms with van der Waals surface area (Å²) >= 11 is 5.91. The number of benzene rings is 1. The van der Waals surface area contributed by atoms with Gasteiger partial charge in [0.1, 0.15) is 0 Å². The van der Waals surface area contributed by atoms with Crippen LogP contribution in [0.15, 0.2) is 47.3 Å². The lowest BCUT2D eigenvalue weighted by Crippen LogP contribution is -2.52. The van der Waals surface area contributed by atoms with Crippen molar-refractivity contribution in [1.82, 2.24) is 14.7 Å². The van der Waals surface area contributed by atoms with Crippen molar-refractivity contribution in [3.63, 3.8) is 0 Å². The highest BCUT2D eigenvalue weighted by atomic mass is 35.5. The van der Waals surface area contributed by atoms with Gasteiger partial charge in [-0.25, -0.2) is 0 Å². The van der Waals surface area contributed by atoms with E-state index in [2.05, 4.69) is 4.90 Å². The number of likely N-dealkylation sites (N-methyl/N-ethyl adjacent to an activating group) is 1. The van der Waals surface area contributed by atoms with Gasteiger partial charge in [-0.1, -0.05) is 23.7 Å². The lowest BCUT2D eigenvalue weighted by molar-refractivity contribution is -0.152. The molecular weight excluding hydrogens is 354 g/mol. The second kappa shape index (κ2) is 8.38. The molecule has 0 unspecified atom stereocenters. The second-order valence-corrected chi connectivity index (χ2v) is 6.92. The minimum atomic E-state index is -0.489. The average Bonchev–Trinajstić information content (AvgIpc) is 3.16. The molecular formula is C19H22ClN3O3. The molecule has 1 fully saturated rings. The van der Waals surface area contributed by atoms with Crippen LogP contribution in [0.25, 0.3) is 0 Å². The third-order valence-electron chi connectivity index (χ3n) is 4.51. The first-order valence-corrected chi connectivity index (χ1v) is 8.93. The molecule has 0 atom stereocenters. The van der Waals surface area contributed by atoms with Crippen molar-refractivity contribution < 1.29 is 14.0 Å². The number of carbonyl (C=O) groups excluding carboxylic acids is 2. The van der Waals surface area contributed by atoms with Gasteiger partial charge >= 0.3 is 11.8 Å². The molecule has 0 radical (unpaired) electrons. The van der Waals surface area contributed by atoms with Crippen molar-refractivity contribution in [1.29, 1.82) is 0 Å². The lowest BCUT2D eigenvalue weighted by atomic mass is 10.2. The van der Waals surface area contributed by atoms with E-state index in [-0.39, 0.29) is 0 Å². The number of furan rings is 1. The molecule has 6 nitrogen and oxygen atoms in total. The Morgan fingerprint density at radius 3 is 2.38 bits per heavy atom. The molecule has 0 bridgehead atoms. The van der Waals surface area contributed by atoms with E-state index in [9.17, 15) is 9.59 Å². The zero-order chi connectivity index (χ0) is 18.5. The molecule has 138 valence electrons. The van der Waals surface area contributed by atoms with E-state index in [1.165, 1.54) is 10.5 Å². The smallest absolute Gasteiger partial charge is 0.312 e. The summed E-state index contributed by atoms with van der Waals surface area (Å²) in [5, 5.41) is 0.724. The van der Waals surface area contributed by atoms with Crippen LogP contribution in [-0.4, -0.2) is 59.7 Å². The quantitative estimate of drug-likeness (QED) is 0.769. The summed E-state index contributed by atoms with van der Waals surface area (Å²) in [7, 11) is 1.63. The van der Waals surface area contributed by atoms with Crippen LogP contribution in [0.1, 0.15) is 11.1 Å². The zero-order valence-corrected chi connectivity index (χ0v) is 15.5. The van der Waals surface area contributed by atoms with Gasteiger partial charge in [0.15, 0.2) is 0 Å². The van der Waals surface area contributed by atoms with Crippen LogP contribution in [0, 0.1) is 0 Å². The summed E-state index contributed by atoms with van der Waals surface area (Å²) in [6.07, 6.45) is 3.12. The van der Waals surface area contributed by atoms with Gasteiger partial charge < -0.3 is 14.2 Å². The molecule has 0 N–H and O–H groups in total. The molecule has 7 heteroatoms. The summed E-state index contributed by atoms with van der Waals surface area (Å²) in [6.45, 7) is 3.76. The summed E-state index contributed by atoms with van der Waals surface area (Å²) in [5.41, 5.74) is 2.05. The SMILES string of the molecule is CN(Cc1ccoc1)C(=O)C(=O)N1CCN(Cc2ccc(Cl)cc2)CC1. The first-order valence-electron chi connectivity index (χ1n) is 8.55. The van der Waals surface area contributed by atoms with Crippen LogP contribution in [0.5, 0.6) is 0 Å². The average molecular weight is 376 g/mol. The zero-order valence-electron chi connectivity index (χ0n) is 14.7. The maximum atomic E-state index is 12.4. The van der Waals surface area contributed by atoms with Crippen LogP contribution in [-0.2, 0) is 22.7 Å². The molecule has 1 aromatic heterocycles. The Bertz CT molecular complexity index is 738. The van der Waals surface area contributed by atoms with E-state index in [0.29, 0.717) is 19.6 Å². The number of hydrogen-bond donors (Lipinski definition) is 0. The Labute approximate surface area is 157 Å². The highest BCUT2D eigenvalue weighted by molar-refractivity contribution is 6.34. The predicted molar refractivity (Wildman–Crippen MR) is 98.5 cm³/mol. The summed E-state index contributed by atoms with van der Waals surface area (Å²) in [6, 6.07) is 9.56. The standard InChI is InChI=1S/C19H22ClN3O3/c1-21(12-16-6-11-26-14-16)18(24)19(25)23-9-7-22(8-10-23)13-15-2-4-17(20)5-3-15/h2-6,11,14H,7-10,12-13H2,1H3. The van der Waals surface area contributed by atoms with Crippen LogP contribution in [0.3, 0.4) is 0 Å². The molecule has 1 aliphatic heterocycles. The van der Waals surface area contributed by atoms with Crippen molar-refractivity contribution in [3.05, 3.63) is 59.0 Å². The van der Waals surface area contributed by atoms with Gasteiger partial charge in [0.2, 0.25) is 0 Å². The third kappa shape index (κ3) is 4.65. The number of rotatable bonds is 4. The van der Waals surface area contributed by atoms with E-state index in [4.69, 9.17) is 16.0 Å². The van der Waals surface area contributed by atoms with E-state index in [1.54, 1.807) is 30.5 Å². The fourth-order valence-electron chi connectivity index (χ4n) is 2.98. The number of halogens is 1. The maximum absolute atomic E-state index is 12.4. The van der Waals surface area contributed by atoms with Crippen LogP contribution in [0.4, 0.5) is 0 Å². The Balaban J connectivity index is 1.48. The van der Waals surface area contributed by atoms with Crippen molar-refractivity contribution in [2.24, 2.45) is 0 Å². The first-order chi connectivity index (χ1) is 12.5. The number of hydrogen-bond acceptors (Lipinski definition) is 4. The van der Waals surface area contributed by atoms with Gasteiger partial charge in [0, 0.05) is 56.9 Å². The van der Waals surface area contributed by atoms with Crippen molar-refractivity contribution in [2.75, 3.05) is 33.2 Å². The lowest BCUT2D eigenvalue weighted by Gasteiger charge is -2.35. The number of carbonyl (C=O) groups is 2. The Morgan fingerprint density at radius 2 is 1.77 bits per heavy atom. The van der Waals surface area contributed by atoms with Gasteiger partial charge in [0.05, 0.1) is 12.5 Å². The molecule has 2 heterocycles. The van der Waals surface area contributed by atoms with Crippen molar-refractivity contribution in [3.8, 4) is 0 Å². The van der Waals surface area contributed by atoms with Gasteiger partial charge in [0.25, 0.3) is 0 Å². The molecule has 0 saturated carbocycles. The number of amides is 2. The molecule has 0 spiro atoms. The monoisotopic (exact) mass is 375 g/mol. The van der Waals surface area contributed by atoms with Gasteiger partial charge in [-0.3, -0.25) is 14.5 Å². The third-order valence-corrected chi connectivity index (χ3v) is 4.76. The number of nitrogens with zero attached hydrogens (tertiary/aromatic N) is 3. The van der Waals surface area contributed by atoms with Crippen molar-refractivity contribution >= 4 is 23.4 Å². The largest absolute Gasteiger partial charge is 0.472 e. The van der Waals surface area contributed by atoms with Crippen molar-refractivity contribution in [2.45, 2.75) is 13.1 Å². The van der Waals surface area contributed by atoms with Gasteiger partial charge in [-0.15, -0.1) is 0 Å². The Hall–Kier alpha value is -2.31. The normalized spacial score (nSPS) is 15.1. The molecule has 26 heavy (non-hydrogen) atoms. The second-order valence-electron chi connectivity index (χ2n) is 6.49. The van der Waals surface area contributed by atoms with Gasteiger partial charge in [-0.05, 0) is 23.8 Å². The van der Waals surface area contributed by atoms with E-state index >= 15 is 0 Å². The summed E-state index contributed by atoms with van der Waals surface area (Å²) < 4.78 is 4.99. The minimum absolute atomic E-state index is 0.359. The molecule has 2 aromatic rings. The fourth-order valence-corrected chi connectivity index (χ4v) is 3.11. The topological polar surface area (TPSA) is 57.0 Å². The Kier molecular flexibility index (Phi) is 5.96. The molecule has 1 aromatic carbocycles. The maximum Gasteiger partial charge on any atom is 0.312 e. The van der Waals surface area contributed by atoms with Crippen LogP contribution < -0.4 is 0 Å². The predicted octanol–water partition coefficient (Wildman–Crippen LogP) is 2.24. The fraction of sp³-hybridized carbons (Fsp3) is 0.368. The molecule has 3 rings (SSSR count). The van der Waals surface area contributed by atoms with E-state index in [1.807, 2.05) is 24.3 Å². The molecule has 1 saturated heterocycles. The Morgan fingerprint density at radius 1 is 1.08 bits per heavy atom. The van der Waals surface area contributed by atoms with E-state index < -0.39 is 11.8 Å². The number of piperazine rings is 1. The van der Waals surface area contributed by atoms with Gasteiger partial charge in [-0.2, -0.15) is 0 Å². The summed E-state index contributed by atoms with van der Waals surface area (Å²) in [5.74, 6) is -0.931. The van der Waals surface area contributed by atoms with E-state index in [0.717, 1.165) is 30.2 Å². The highest BCUT2D eigenvalue weighted by Crippen LogP contribution is 2.13. The molecule has 2 amide bonds. The summed E-state index contributed by atoms with van der Waals surface area (Å²) in [4.78, 5) is 30.1. The molecule has 1 aliphatic rings. The van der Waals surface area contributed by atoms with Crippen LogP contribution in [0.2, 0.25) is 5.02 Å².